The van der Waals surface area contributed by atoms with E-state index < -0.39 is 0 Å². The number of hydrogen-bond donors (Lipinski definition) is 2. The maximum Gasteiger partial charge on any atom is 0.220 e. The van der Waals surface area contributed by atoms with Gasteiger partial charge in [-0.15, -0.1) is 0 Å². The SMILES string of the molecule is CCOc1cc(O[C@H]2CCc3c(-c4cccc(OCCCN(C)C(C)C)c4C)cccc32)c(Cl)cc1CNC[C@@H]1CCC(=O)N1. The number of ether oxygens (including phenoxy) is 3. The van der Waals surface area contributed by atoms with Crippen molar-refractivity contribution in [2.75, 3.05) is 33.4 Å². The number of nitrogens with zero attached hydrogens (tertiary/aromatic N) is 1. The Morgan fingerprint density at radius 2 is 1.82 bits per heavy atom. The summed E-state index contributed by atoms with van der Waals surface area (Å²) in [4.78, 5) is 13.9. The molecule has 8 heteroatoms. The molecule has 0 spiro atoms. The third-order valence-electron chi connectivity index (χ3n) is 9.06. The van der Waals surface area contributed by atoms with E-state index in [-0.39, 0.29) is 18.1 Å². The van der Waals surface area contributed by atoms with Crippen LogP contribution in [0, 0.1) is 6.92 Å². The van der Waals surface area contributed by atoms with E-state index in [2.05, 4.69) is 79.8 Å². The Bertz CT molecular complexity index is 1480. The lowest BCUT2D eigenvalue weighted by molar-refractivity contribution is -0.119. The predicted octanol–water partition coefficient (Wildman–Crippen LogP) is 7.26. The van der Waals surface area contributed by atoms with E-state index in [1.165, 1.54) is 22.3 Å². The lowest BCUT2D eigenvalue weighted by Gasteiger charge is -2.21. The van der Waals surface area contributed by atoms with Gasteiger partial charge in [-0.2, -0.15) is 0 Å². The van der Waals surface area contributed by atoms with Gasteiger partial charge in [-0.1, -0.05) is 41.9 Å². The van der Waals surface area contributed by atoms with Crippen LogP contribution >= 0.6 is 11.6 Å². The summed E-state index contributed by atoms with van der Waals surface area (Å²) in [5, 5.41) is 7.01. The maximum absolute atomic E-state index is 11.5. The summed E-state index contributed by atoms with van der Waals surface area (Å²) in [6, 6.07) is 17.4. The van der Waals surface area contributed by atoms with Crippen molar-refractivity contribution < 1.29 is 19.0 Å². The molecule has 0 radical (unpaired) electrons. The van der Waals surface area contributed by atoms with Crippen LogP contribution in [0.4, 0.5) is 0 Å². The number of fused-ring (bicyclic) bond motifs is 1. The van der Waals surface area contributed by atoms with Gasteiger partial charge in [0, 0.05) is 49.8 Å². The first-order chi connectivity index (χ1) is 21.7. The van der Waals surface area contributed by atoms with Gasteiger partial charge in [0.2, 0.25) is 5.91 Å². The van der Waals surface area contributed by atoms with Gasteiger partial charge in [0.05, 0.1) is 18.2 Å². The van der Waals surface area contributed by atoms with Crippen molar-refractivity contribution in [2.45, 2.75) is 84.5 Å². The van der Waals surface area contributed by atoms with Crippen LogP contribution in [0.15, 0.2) is 48.5 Å². The van der Waals surface area contributed by atoms with Crippen molar-refractivity contribution in [2.24, 2.45) is 0 Å². The summed E-state index contributed by atoms with van der Waals surface area (Å²) in [6.45, 7) is 12.1. The topological polar surface area (TPSA) is 72.1 Å². The smallest absolute Gasteiger partial charge is 0.220 e. The molecule has 7 nitrogen and oxygen atoms in total. The molecule has 1 saturated heterocycles. The fourth-order valence-electron chi connectivity index (χ4n) is 6.27. The normalized spacial score (nSPS) is 17.6. The highest BCUT2D eigenvalue weighted by molar-refractivity contribution is 6.32. The van der Waals surface area contributed by atoms with E-state index in [1.54, 1.807) is 0 Å². The molecule has 45 heavy (non-hydrogen) atoms. The molecule has 3 aromatic rings. The van der Waals surface area contributed by atoms with E-state index in [1.807, 2.05) is 19.1 Å². The van der Waals surface area contributed by atoms with Crippen LogP contribution in [0.25, 0.3) is 11.1 Å². The zero-order valence-corrected chi connectivity index (χ0v) is 28.1. The van der Waals surface area contributed by atoms with Gasteiger partial charge < -0.3 is 29.7 Å². The highest BCUT2D eigenvalue weighted by atomic mass is 35.5. The van der Waals surface area contributed by atoms with Gasteiger partial charge in [0.15, 0.2) is 0 Å². The average Bonchev–Trinajstić information content (AvgIpc) is 3.63. The summed E-state index contributed by atoms with van der Waals surface area (Å²) < 4.78 is 18.9. The van der Waals surface area contributed by atoms with E-state index in [0.29, 0.717) is 49.5 Å². The second kappa shape index (κ2) is 15.4. The van der Waals surface area contributed by atoms with Gasteiger partial charge >= 0.3 is 0 Å². The number of nitrogens with one attached hydrogen (secondary N) is 2. The molecule has 3 aromatic carbocycles. The molecule has 0 bridgehead atoms. The summed E-state index contributed by atoms with van der Waals surface area (Å²) in [5.74, 6) is 2.46. The van der Waals surface area contributed by atoms with E-state index in [0.717, 1.165) is 54.9 Å². The quantitative estimate of drug-likeness (QED) is 0.172. The number of rotatable bonds is 15. The van der Waals surface area contributed by atoms with Crippen LogP contribution < -0.4 is 24.8 Å². The van der Waals surface area contributed by atoms with Gasteiger partial charge in [-0.3, -0.25) is 4.79 Å². The molecule has 1 heterocycles. The predicted molar refractivity (Wildman–Crippen MR) is 182 cm³/mol. The Hall–Kier alpha value is -3.26. The van der Waals surface area contributed by atoms with Gasteiger partial charge in [-0.25, -0.2) is 0 Å². The lowest BCUT2D eigenvalue weighted by Crippen LogP contribution is -2.35. The molecule has 0 saturated carbocycles. The molecule has 0 aromatic heterocycles. The minimum absolute atomic E-state index is 0.0976. The Balaban J connectivity index is 1.28. The fourth-order valence-corrected chi connectivity index (χ4v) is 6.50. The molecule has 2 aliphatic rings. The molecule has 242 valence electrons. The molecule has 1 amide bonds. The standard InChI is InChI=1S/C37H48ClN3O4/c1-6-43-35-21-36(32(38)20-26(35)22-39-23-27-14-17-37(42)40-27)45-34-16-15-30-29(11-7-12-31(30)34)28-10-8-13-33(25(28)4)44-19-9-18-41(5)24(2)3/h7-8,10-13,20-21,24,27,34,39H,6,9,14-19,22-23H2,1-5H3,(H,40,42)/t27-,34-/m0/s1. The summed E-state index contributed by atoms with van der Waals surface area (Å²) in [7, 11) is 2.16. The average molecular weight is 634 g/mol. The third-order valence-corrected chi connectivity index (χ3v) is 9.35. The number of hydrogen-bond acceptors (Lipinski definition) is 6. The van der Waals surface area contributed by atoms with Gasteiger partial charge in [0.25, 0.3) is 0 Å². The molecule has 1 aliphatic heterocycles. The molecule has 5 rings (SSSR count). The van der Waals surface area contributed by atoms with Gasteiger partial charge in [0.1, 0.15) is 23.4 Å². The molecule has 1 aliphatic carbocycles. The summed E-state index contributed by atoms with van der Waals surface area (Å²) >= 11 is 6.80. The monoisotopic (exact) mass is 633 g/mol. The van der Waals surface area contributed by atoms with E-state index in [4.69, 9.17) is 25.8 Å². The second-order valence-corrected chi connectivity index (χ2v) is 12.9. The minimum Gasteiger partial charge on any atom is -0.493 e. The van der Waals surface area contributed by atoms with Crippen LogP contribution in [0.2, 0.25) is 5.02 Å². The van der Waals surface area contributed by atoms with E-state index in [9.17, 15) is 4.79 Å². The number of benzene rings is 3. The number of carbonyl (C=O) groups is 1. The highest BCUT2D eigenvalue weighted by Gasteiger charge is 2.28. The lowest BCUT2D eigenvalue weighted by atomic mass is 9.93. The van der Waals surface area contributed by atoms with Crippen molar-refractivity contribution in [1.82, 2.24) is 15.5 Å². The Labute approximate surface area is 273 Å². The zero-order valence-electron chi connectivity index (χ0n) is 27.4. The molecule has 0 unspecified atom stereocenters. The fraction of sp³-hybridized carbons (Fsp3) is 0.486. The van der Waals surface area contributed by atoms with Crippen molar-refractivity contribution in [3.8, 4) is 28.4 Å². The summed E-state index contributed by atoms with van der Waals surface area (Å²) in [6.07, 6.45) is 4.15. The minimum atomic E-state index is -0.0976. The molecule has 2 N–H and O–H groups in total. The molecular weight excluding hydrogens is 586 g/mol. The summed E-state index contributed by atoms with van der Waals surface area (Å²) in [5.41, 5.74) is 7.10. The van der Waals surface area contributed by atoms with Crippen molar-refractivity contribution in [3.05, 3.63) is 75.8 Å². The van der Waals surface area contributed by atoms with E-state index >= 15 is 0 Å². The first-order valence-corrected chi connectivity index (χ1v) is 16.8. The van der Waals surface area contributed by atoms with Crippen LogP contribution in [-0.2, 0) is 17.8 Å². The third kappa shape index (κ3) is 8.13. The maximum atomic E-state index is 11.5. The first-order valence-electron chi connectivity index (χ1n) is 16.4. The van der Waals surface area contributed by atoms with Crippen molar-refractivity contribution in [3.63, 3.8) is 0 Å². The number of amides is 1. The first kappa shape index (κ1) is 33.1. The van der Waals surface area contributed by atoms with Crippen molar-refractivity contribution >= 4 is 17.5 Å². The molecule has 2 atom stereocenters. The molecule has 1 fully saturated rings. The number of halogens is 1. The second-order valence-electron chi connectivity index (χ2n) is 12.5. The van der Waals surface area contributed by atoms with Crippen LogP contribution in [0.3, 0.4) is 0 Å². The van der Waals surface area contributed by atoms with Crippen LogP contribution in [0.1, 0.15) is 74.8 Å². The van der Waals surface area contributed by atoms with Crippen LogP contribution in [0.5, 0.6) is 17.2 Å². The molecular formula is C37H48ClN3O4. The zero-order chi connectivity index (χ0) is 31.9. The Morgan fingerprint density at radius 1 is 1.02 bits per heavy atom. The Kier molecular flexibility index (Phi) is 11.3. The van der Waals surface area contributed by atoms with Crippen molar-refractivity contribution in [1.29, 1.82) is 0 Å². The Morgan fingerprint density at radius 3 is 2.58 bits per heavy atom. The largest absolute Gasteiger partial charge is 0.493 e. The van der Waals surface area contributed by atoms with Crippen LogP contribution in [-0.4, -0.2) is 56.2 Å². The van der Waals surface area contributed by atoms with Gasteiger partial charge in [-0.05, 0) is 100 Å². The highest BCUT2D eigenvalue weighted by Crippen LogP contribution is 2.44. The number of carbonyl (C=O) groups excluding carboxylic acids is 1.